The van der Waals surface area contributed by atoms with Crippen molar-refractivity contribution in [2.24, 2.45) is 0 Å². The second-order valence-electron chi connectivity index (χ2n) is 5.18. The lowest BCUT2D eigenvalue weighted by Crippen LogP contribution is -2.58. The van der Waals surface area contributed by atoms with Crippen LogP contribution in [-0.2, 0) is 9.59 Å². The average Bonchev–Trinajstić information content (AvgIpc) is 2.45. The van der Waals surface area contributed by atoms with Crippen LogP contribution in [0.1, 0.15) is 31.9 Å². The van der Waals surface area contributed by atoms with Crippen LogP contribution in [0.3, 0.4) is 0 Å². The minimum absolute atomic E-state index is 0.206. The molecule has 6 heteroatoms. The number of hydrogen-bond donors (Lipinski definition) is 2. The first kappa shape index (κ1) is 16.0. The first-order chi connectivity index (χ1) is 9.97. The van der Waals surface area contributed by atoms with Crippen LogP contribution in [0.2, 0.25) is 0 Å². The molecule has 2 amide bonds. The Balaban J connectivity index is 2.34. The van der Waals surface area contributed by atoms with Gasteiger partial charge in [0.05, 0.1) is 6.54 Å². The minimum atomic E-state index is -0.304. The van der Waals surface area contributed by atoms with Crippen LogP contribution in [-0.4, -0.2) is 31.4 Å². The van der Waals surface area contributed by atoms with Crippen LogP contribution in [0.5, 0.6) is 0 Å². The molecule has 1 heterocycles. The highest BCUT2D eigenvalue weighted by Crippen LogP contribution is 2.30. The van der Waals surface area contributed by atoms with Gasteiger partial charge in [0.1, 0.15) is 6.04 Å². The van der Waals surface area contributed by atoms with Crippen LogP contribution < -0.4 is 15.5 Å². The van der Waals surface area contributed by atoms with E-state index in [0.717, 1.165) is 15.7 Å². The summed E-state index contributed by atoms with van der Waals surface area (Å²) in [5.74, 6) is -0.481. The van der Waals surface area contributed by atoms with E-state index in [-0.39, 0.29) is 30.4 Å². The lowest BCUT2D eigenvalue weighted by molar-refractivity contribution is -0.132. The summed E-state index contributed by atoms with van der Waals surface area (Å²) in [6, 6.07) is 5.87. The van der Waals surface area contributed by atoms with Gasteiger partial charge in [-0.1, -0.05) is 28.9 Å². The van der Waals surface area contributed by atoms with E-state index in [2.05, 4.69) is 33.5 Å². The SMILES string of the molecule is CCC1C(=O)NC(=O)CN1c1ccc(C(C)NC)c(Br)c1. The van der Waals surface area contributed by atoms with Gasteiger partial charge >= 0.3 is 0 Å². The average molecular weight is 354 g/mol. The van der Waals surface area contributed by atoms with Gasteiger partial charge in [0.15, 0.2) is 0 Å². The molecule has 2 N–H and O–H groups in total. The summed E-state index contributed by atoms with van der Waals surface area (Å²) >= 11 is 3.58. The third-order valence-corrected chi connectivity index (χ3v) is 4.54. The molecule has 1 aliphatic rings. The summed E-state index contributed by atoms with van der Waals surface area (Å²) in [5.41, 5.74) is 2.02. The maximum atomic E-state index is 11.9. The number of anilines is 1. The molecule has 2 atom stereocenters. The molecule has 0 spiro atoms. The molecular formula is C15H20BrN3O2. The van der Waals surface area contributed by atoms with Crippen LogP contribution >= 0.6 is 15.9 Å². The van der Waals surface area contributed by atoms with Crippen LogP contribution in [0.25, 0.3) is 0 Å². The normalized spacial score (nSPS) is 20.4. The van der Waals surface area contributed by atoms with Gasteiger partial charge in [0.25, 0.3) is 0 Å². The van der Waals surface area contributed by atoms with Crippen molar-refractivity contribution in [1.82, 2.24) is 10.6 Å². The predicted octanol–water partition coefficient (Wildman–Crippen LogP) is 1.97. The zero-order valence-corrected chi connectivity index (χ0v) is 14.0. The van der Waals surface area contributed by atoms with Gasteiger partial charge in [-0.25, -0.2) is 0 Å². The molecule has 2 unspecified atom stereocenters. The maximum Gasteiger partial charge on any atom is 0.249 e. The Bertz CT molecular complexity index is 562. The quantitative estimate of drug-likeness (QED) is 0.812. The molecular weight excluding hydrogens is 334 g/mol. The number of hydrogen-bond acceptors (Lipinski definition) is 4. The highest BCUT2D eigenvalue weighted by atomic mass is 79.9. The van der Waals surface area contributed by atoms with E-state index in [1.807, 2.05) is 37.1 Å². The Kier molecular flexibility index (Phi) is 5.00. The van der Waals surface area contributed by atoms with Gasteiger partial charge in [-0.05, 0) is 38.1 Å². The van der Waals surface area contributed by atoms with E-state index < -0.39 is 0 Å². The first-order valence-electron chi connectivity index (χ1n) is 7.05. The molecule has 1 fully saturated rings. The largest absolute Gasteiger partial charge is 0.350 e. The fourth-order valence-corrected chi connectivity index (χ4v) is 3.26. The number of halogens is 1. The number of amides is 2. The lowest BCUT2D eigenvalue weighted by atomic mass is 10.0. The molecule has 0 radical (unpaired) electrons. The molecule has 2 rings (SSSR count). The number of carbonyl (C=O) groups excluding carboxylic acids is 2. The molecule has 1 saturated heterocycles. The van der Waals surface area contributed by atoms with Crippen molar-refractivity contribution in [3.05, 3.63) is 28.2 Å². The highest BCUT2D eigenvalue weighted by Gasteiger charge is 2.32. The summed E-state index contributed by atoms with van der Waals surface area (Å²) in [6.07, 6.45) is 0.658. The summed E-state index contributed by atoms with van der Waals surface area (Å²) in [7, 11) is 1.91. The van der Waals surface area contributed by atoms with Crippen molar-refractivity contribution in [3.63, 3.8) is 0 Å². The third-order valence-electron chi connectivity index (χ3n) is 3.86. The number of nitrogens with zero attached hydrogens (tertiary/aromatic N) is 1. The van der Waals surface area contributed by atoms with Crippen molar-refractivity contribution in [3.8, 4) is 0 Å². The molecule has 0 bridgehead atoms. The van der Waals surface area contributed by atoms with Gasteiger partial charge in [-0.3, -0.25) is 14.9 Å². The molecule has 5 nitrogen and oxygen atoms in total. The summed E-state index contributed by atoms with van der Waals surface area (Å²) in [5, 5.41) is 5.59. The number of nitrogens with one attached hydrogen (secondary N) is 2. The Morgan fingerprint density at radius 1 is 1.48 bits per heavy atom. The number of carbonyl (C=O) groups is 2. The van der Waals surface area contributed by atoms with E-state index >= 15 is 0 Å². The third kappa shape index (κ3) is 3.27. The van der Waals surface area contributed by atoms with E-state index in [0.29, 0.717) is 6.42 Å². The minimum Gasteiger partial charge on any atom is -0.350 e. The Morgan fingerprint density at radius 3 is 2.76 bits per heavy atom. The molecule has 21 heavy (non-hydrogen) atoms. The Morgan fingerprint density at radius 2 is 2.19 bits per heavy atom. The number of piperazine rings is 1. The number of benzene rings is 1. The molecule has 1 aromatic carbocycles. The van der Waals surface area contributed by atoms with Gasteiger partial charge in [-0.2, -0.15) is 0 Å². The van der Waals surface area contributed by atoms with E-state index in [9.17, 15) is 9.59 Å². The summed E-state index contributed by atoms with van der Waals surface area (Å²) < 4.78 is 0.968. The van der Waals surface area contributed by atoms with Crippen molar-refractivity contribution in [2.75, 3.05) is 18.5 Å². The monoisotopic (exact) mass is 353 g/mol. The molecule has 0 saturated carbocycles. The van der Waals surface area contributed by atoms with Crippen LogP contribution in [0, 0.1) is 0 Å². The molecule has 1 aliphatic heterocycles. The zero-order valence-electron chi connectivity index (χ0n) is 12.4. The van der Waals surface area contributed by atoms with Gasteiger partial charge in [0.2, 0.25) is 11.8 Å². The summed E-state index contributed by atoms with van der Waals surface area (Å²) in [6.45, 7) is 4.23. The second-order valence-corrected chi connectivity index (χ2v) is 6.03. The standard InChI is InChI=1S/C15H20BrN3O2/c1-4-13-15(21)18-14(20)8-19(13)10-5-6-11(9(2)17-3)12(16)7-10/h5-7,9,13,17H,4,8H2,1-3H3,(H,18,20,21). The molecule has 0 aliphatic carbocycles. The van der Waals surface area contributed by atoms with E-state index in [1.54, 1.807) is 0 Å². The van der Waals surface area contributed by atoms with Gasteiger partial charge < -0.3 is 10.2 Å². The van der Waals surface area contributed by atoms with Gasteiger partial charge in [0, 0.05) is 16.2 Å². The van der Waals surface area contributed by atoms with Crippen molar-refractivity contribution in [2.45, 2.75) is 32.4 Å². The first-order valence-corrected chi connectivity index (χ1v) is 7.84. The predicted molar refractivity (Wildman–Crippen MR) is 86.2 cm³/mol. The van der Waals surface area contributed by atoms with Gasteiger partial charge in [-0.15, -0.1) is 0 Å². The van der Waals surface area contributed by atoms with Crippen molar-refractivity contribution < 1.29 is 9.59 Å². The van der Waals surface area contributed by atoms with Crippen molar-refractivity contribution in [1.29, 1.82) is 0 Å². The van der Waals surface area contributed by atoms with Crippen LogP contribution in [0.4, 0.5) is 5.69 Å². The number of imide groups is 1. The van der Waals surface area contributed by atoms with E-state index in [4.69, 9.17) is 0 Å². The highest BCUT2D eigenvalue weighted by molar-refractivity contribution is 9.10. The topological polar surface area (TPSA) is 61.4 Å². The lowest BCUT2D eigenvalue weighted by Gasteiger charge is -2.35. The fourth-order valence-electron chi connectivity index (χ4n) is 2.55. The van der Waals surface area contributed by atoms with Crippen molar-refractivity contribution >= 4 is 33.4 Å². The molecule has 114 valence electrons. The Hall–Kier alpha value is -1.40. The molecule has 1 aromatic rings. The Labute approximate surface area is 133 Å². The smallest absolute Gasteiger partial charge is 0.249 e. The van der Waals surface area contributed by atoms with E-state index in [1.165, 1.54) is 0 Å². The zero-order chi connectivity index (χ0) is 15.6. The fraction of sp³-hybridized carbons (Fsp3) is 0.467. The van der Waals surface area contributed by atoms with Crippen LogP contribution in [0.15, 0.2) is 22.7 Å². The number of rotatable bonds is 4. The maximum absolute atomic E-state index is 11.9. The molecule has 0 aromatic heterocycles. The second kappa shape index (κ2) is 6.58. The summed E-state index contributed by atoms with van der Waals surface area (Å²) in [4.78, 5) is 25.4.